The van der Waals surface area contributed by atoms with E-state index >= 15 is 0 Å². The van der Waals surface area contributed by atoms with Crippen LogP contribution < -0.4 is 10.5 Å². The molecule has 1 aromatic heterocycles. The number of tetrazole rings is 1. The maximum atomic E-state index is 5.70. The fraction of sp³-hybridized carbons (Fsp3) is 0.133. The van der Waals surface area contributed by atoms with Crippen LogP contribution in [0.4, 0.5) is 5.69 Å². The van der Waals surface area contributed by atoms with Crippen LogP contribution in [0.15, 0.2) is 48.5 Å². The third kappa shape index (κ3) is 2.69. The number of aromatic nitrogens is 4. The molecule has 0 fully saturated rings. The average Bonchev–Trinajstić information content (AvgIpc) is 2.97. The highest BCUT2D eigenvalue weighted by molar-refractivity contribution is 5.58. The van der Waals surface area contributed by atoms with E-state index < -0.39 is 0 Å². The number of hydrogen-bond donors (Lipinski definition) is 1. The molecular formula is C15H15N5O. The molecule has 0 saturated carbocycles. The number of hydrogen-bond acceptors (Lipinski definition) is 5. The summed E-state index contributed by atoms with van der Waals surface area (Å²) in [7, 11) is 1.65. The van der Waals surface area contributed by atoms with Gasteiger partial charge in [0.15, 0.2) is 5.82 Å². The van der Waals surface area contributed by atoms with Gasteiger partial charge in [-0.05, 0) is 40.8 Å². The first-order valence-corrected chi connectivity index (χ1v) is 6.52. The molecule has 0 radical (unpaired) electrons. The summed E-state index contributed by atoms with van der Waals surface area (Å²) < 4.78 is 7.10. The summed E-state index contributed by atoms with van der Waals surface area (Å²) in [5.41, 5.74) is 8.35. The van der Waals surface area contributed by atoms with E-state index in [1.807, 2.05) is 48.5 Å². The molecule has 0 bridgehead atoms. The molecule has 0 aliphatic heterocycles. The largest absolute Gasteiger partial charge is 0.496 e. The lowest BCUT2D eigenvalue weighted by Crippen LogP contribution is -2.05. The number of para-hydroxylation sites is 1. The third-order valence-electron chi connectivity index (χ3n) is 3.21. The van der Waals surface area contributed by atoms with Crippen molar-refractivity contribution in [2.45, 2.75) is 6.54 Å². The van der Waals surface area contributed by atoms with Gasteiger partial charge in [-0.1, -0.05) is 18.2 Å². The molecule has 0 spiro atoms. The molecule has 2 N–H and O–H groups in total. The summed E-state index contributed by atoms with van der Waals surface area (Å²) >= 11 is 0. The van der Waals surface area contributed by atoms with Crippen LogP contribution in [-0.2, 0) is 6.54 Å². The van der Waals surface area contributed by atoms with E-state index in [9.17, 15) is 0 Å². The summed E-state index contributed by atoms with van der Waals surface area (Å²) in [4.78, 5) is 0. The van der Waals surface area contributed by atoms with Crippen LogP contribution in [0, 0.1) is 0 Å². The smallest absolute Gasteiger partial charge is 0.182 e. The summed E-state index contributed by atoms with van der Waals surface area (Å²) in [6, 6.07) is 15.3. The van der Waals surface area contributed by atoms with Gasteiger partial charge in [-0.2, -0.15) is 0 Å². The maximum absolute atomic E-state index is 5.70. The van der Waals surface area contributed by atoms with Crippen molar-refractivity contribution in [2.75, 3.05) is 12.8 Å². The molecule has 0 aliphatic carbocycles. The zero-order valence-corrected chi connectivity index (χ0v) is 11.6. The van der Waals surface area contributed by atoms with Gasteiger partial charge in [0.25, 0.3) is 0 Å². The average molecular weight is 281 g/mol. The molecule has 0 aliphatic rings. The van der Waals surface area contributed by atoms with Gasteiger partial charge in [-0.25, -0.2) is 4.68 Å². The number of ether oxygens (including phenoxy) is 1. The van der Waals surface area contributed by atoms with Crippen LogP contribution in [0.25, 0.3) is 11.4 Å². The lowest BCUT2D eigenvalue weighted by molar-refractivity contribution is 0.407. The molecule has 1 heterocycles. The highest BCUT2D eigenvalue weighted by Crippen LogP contribution is 2.22. The van der Waals surface area contributed by atoms with E-state index in [1.165, 1.54) is 0 Å². The molecule has 0 amide bonds. The molecule has 0 saturated heterocycles. The van der Waals surface area contributed by atoms with Crippen LogP contribution in [0.1, 0.15) is 5.56 Å². The molecular weight excluding hydrogens is 266 g/mol. The van der Waals surface area contributed by atoms with Crippen LogP contribution in [-0.4, -0.2) is 27.3 Å². The molecule has 6 nitrogen and oxygen atoms in total. The minimum absolute atomic E-state index is 0.538. The molecule has 3 aromatic rings. The zero-order valence-electron chi connectivity index (χ0n) is 11.6. The standard InChI is InChI=1S/C15H15N5O/c1-21-14-5-3-2-4-12(14)10-20-15(17-18-19-20)11-6-8-13(16)9-7-11/h2-9H,10,16H2,1H3. The van der Waals surface area contributed by atoms with Gasteiger partial charge in [-0.3, -0.25) is 0 Å². The summed E-state index contributed by atoms with van der Waals surface area (Å²) in [6.07, 6.45) is 0. The molecule has 0 unspecified atom stereocenters. The lowest BCUT2D eigenvalue weighted by Gasteiger charge is -2.09. The number of rotatable bonds is 4. The predicted octanol–water partition coefficient (Wildman–Crippen LogP) is 1.98. The lowest BCUT2D eigenvalue weighted by atomic mass is 10.1. The quantitative estimate of drug-likeness (QED) is 0.740. The monoisotopic (exact) mass is 281 g/mol. The number of nitrogen functional groups attached to an aromatic ring is 1. The van der Waals surface area contributed by atoms with Gasteiger partial charge >= 0.3 is 0 Å². The number of anilines is 1. The van der Waals surface area contributed by atoms with Crippen LogP contribution >= 0.6 is 0 Å². The Bertz CT molecular complexity index is 736. The van der Waals surface area contributed by atoms with Crippen LogP contribution in [0.2, 0.25) is 0 Å². The minimum Gasteiger partial charge on any atom is -0.496 e. The van der Waals surface area contributed by atoms with Crippen LogP contribution in [0.3, 0.4) is 0 Å². The van der Waals surface area contributed by atoms with Crippen molar-refractivity contribution in [1.82, 2.24) is 20.2 Å². The fourth-order valence-corrected chi connectivity index (χ4v) is 2.15. The van der Waals surface area contributed by atoms with Crippen molar-refractivity contribution in [3.8, 4) is 17.1 Å². The zero-order chi connectivity index (χ0) is 14.7. The van der Waals surface area contributed by atoms with Gasteiger partial charge in [0.05, 0.1) is 13.7 Å². The number of methoxy groups -OCH3 is 1. The Morgan fingerprint density at radius 2 is 1.86 bits per heavy atom. The highest BCUT2D eigenvalue weighted by Gasteiger charge is 2.11. The Kier molecular flexibility index (Phi) is 3.51. The second-order valence-corrected chi connectivity index (χ2v) is 4.59. The topological polar surface area (TPSA) is 78.8 Å². The van der Waals surface area contributed by atoms with E-state index in [0.29, 0.717) is 18.1 Å². The van der Waals surface area contributed by atoms with E-state index in [0.717, 1.165) is 16.9 Å². The van der Waals surface area contributed by atoms with Crippen molar-refractivity contribution in [1.29, 1.82) is 0 Å². The molecule has 0 atom stereocenters. The molecule has 106 valence electrons. The molecule has 3 rings (SSSR count). The van der Waals surface area contributed by atoms with Gasteiger partial charge in [0, 0.05) is 16.8 Å². The van der Waals surface area contributed by atoms with Gasteiger partial charge < -0.3 is 10.5 Å². The van der Waals surface area contributed by atoms with E-state index in [1.54, 1.807) is 11.8 Å². The number of nitrogens with zero attached hydrogens (tertiary/aromatic N) is 4. The van der Waals surface area contributed by atoms with E-state index in [4.69, 9.17) is 10.5 Å². The van der Waals surface area contributed by atoms with Crippen molar-refractivity contribution in [3.63, 3.8) is 0 Å². The van der Waals surface area contributed by atoms with Crippen molar-refractivity contribution in [3.05, 3.63) is 54.1 Å². The summed E-state index contributed by atoms with van der Waals surface area (Å²) in [5, 5.41) is 11.9. The Hall–Kier alpha value is -2.89. The third-order valence-corrected chi connectivity index (χ3v) is 3.21. The van der Waals surface area contributed by atoms with E-state index in [2.05, 4.69) is 15.5 Å². The first-order valence-electron chi connectivity index (χ1n) is 6.52. The Labute approximate surface area is 122 Å². The maximum Gasteiger partial charge on any atom is 0.182 e. The van der Waals surface area contributed by atoms with Gasteiger partial charge in [0.2, 0.25) is 0 Å². The predicted molar refractivity (Wildman–Crippen MR) is 79.8 cm³/mol. The second-order valence-electron chi connectivity index (χ2n) is 4.59. The van der Waals surface area contributed by atoms with Gasteiger partial charge in [-0.15, -0.1) is 5.10 Å². The summed E-state index contributed by atoms with van der Waals surface area (Å²) in [5.74, 6) is 1.51. The Balaban J connectivity index is 1.94. The Morgan fingerprint density at radius 3 is 2.62 bits per heavy atom. The number of benzene rings is 2. The van der Waals surface area contributed by atoms with Gasteiger partial charge in [0.1, 0.15) is 5.75 Å². The van der Waals surface area contributed by atoms with Crippen molar-refractivity contribution >= 4 is 5.69 Å². The van der Waals surface area contributed by atoms with Crippen LogP contribution in [0.5, 0.6) is 5.75 Å². The molecule has 2 aromatic carbocycles. The highest BCUT2D eigenvalue weighted by atomic mass is 16.5. The normalized spacial score (nSPS) is 10.5. The minimum atomic E-state index is 0.538. The molecule has 6 heteroatoms. The Morgan fingerprint density at radius 1 is 1.10 bits per heavy atom. The van der Waals surface area contributed by atoms with E-state index in [-0.39, 0.29) is 0 Å². The SMILES string of the molecule is COc1ccccc1Cn1nnnc1-c1ccc(N)cc1. The fourth-order valence-electron chi connectivity index (χ4n) is 2.15. The van der Waals surface area contributed by atoms with Crippen molar-refractivity contribution < 1.29 is 4.74 Å². The molecule has 21 heavy (non-hydrogen) atoms. The first-order chi connectivity index (χ1) is 10.3. The second kappa shape index (κ2) is 5.62. The first kappa shape index (κ1) is 13.1. The summed E-state index contributed by atoms with van der Waals surface area (Å²) in [6.45, 7) is 0.538. The number of nitrogens with two attached hydrogens (primary N) is 1. The van der Waals surface area contributed by atoms with Crippen molar-refractivity contribution in [2.24, 2.45) is 0 Å².